The largest absolute Gasteiger partial charge is 0.366 e. The van der Waals surface area contributed by atoms with Gasteiger partial charge in [-0.2, -0.15) is 0 Å². The van der Waals surface area contributed by atoms with E-state index in [0.29, 0.717) is 29.3 Å². The van der Waals surface area contributed by atoms with Gasteiger partial charge in [-0.05, 0) is 24.3 Å². The molecule has 6 heteroatoms. The second-order valence-electron chi connectivity index (χ2n) is 5.17. The number of rotatable bonds is 6. The van der Waals surface area contributed by atoms with E-state index < -0.39 is 5.91 Å². The zero-order chi connectivity index (χ0) is 16.8. The van der Waals surface area contributed by atoms with E-state index in [4.69, 9.17) is 5.73 Å². The highest BCUT2D eigenvalue weighted by molar-refractivity contribution is 5.99. The van der Waals surface area contributed by atoms with Gasteiger partial charge in [0.05, 0.1) is 5.69 Å². The maximum Gasteiger partial charge on any atom is 0.249 e. The van der Waals surface area contributed by atoms with Crippen LogP contribution in [0.25, 0.3) is 11.3 Å². The molecule has 2 aromatic heterocycles. The van der Waals surface area contributed by atoms with Crippen LogP contribution in [0.3, 0.4) is 0 Å². The van der Waals surface area contributed by atoms with Crippen molar-refractivity contribution in [2.24, 2.45) is 5.73 Å². The zero-order valence-electron chi connectivity index (χ0n) is 13.0. The fourth-order valence-corrected chi connectivity index (χ4v) is 2.36. The molecule has 3 aromatic rings. The van der Waals surface area contributed by atoms with Gasteiger partial charge in [0, 0.05) is 42.2 Å². The van der Waals surface area contributed by atoms with Crippen molar-refractivity contribution in [3.8, 4) is 11.3 Å². The zero-order valence-corrected chi connectivity index (χ0v) is 13.0. The third-order valence-electron chi connectivity index (χ3n) is 3.51. The number of nitrogens with zero attached hydrogens (tertiary/aromatic N) is 3. The van der Waals surface area contributed by atoms with Gasteiger partial charge in [0.1, 0.15) is 0 Å². The van der Waals surface area contributed by atoms with Crippen LogP contribution in [0.2, 0.25) is 0 Å². The molecule has 0 saturated carbocycles. The van der Waals surface area contributed by atoms with E-state index in [0.717, 1.165) is 12.1 Å². The number of anilines is 1. The van der Waals surface area contributed by atoms with Gasteiger partial charge in [-0.1, -0.05) is 24.3 Å². The molecule has 0 radical (unpaired) electrons. The molecule has 0 fully saturated rings. The van der Waals surface area contributed by atoms with E-state index in [-0.39, 0.29) is 0 Å². The maximum atomic E-state index is 11.6. The molecular weight excluding hydrogens is 302 g/mol. The number of nitrogens with two attached hydrogens (primary N) is 1. The van der Waals surface area contributed by atoms with E-state index in [1.165, 1.54) is 0 Å². The van der Waals surface area contributed by atoms with Crippen LogP contribution >= 0.6 is 0 Å². The lowest BCUT2D eigenvalue weighted by Gasteiger charge is -2.08. The molecule has 0 saturated heterocycles. The standard InChI is InChI=1S/C18H17N5O/c19-17(24)15-7-2-1-6-14(15)16-9-12-22-18(23-16)21-11-8-13-5-3-4-10-20-13/h1-7,9-10,12H,8,11H2,(H2,19,24)(H,21,22,23). The number of amides is 1. The van der Waals surface area contributed by atoms with Crippen molar-refractivity contribution in [2.45, 2.75) is 6.42 Å². The van der Waals surface area contributed by atoms with Crippen molar-refractivity contribution in [2.75, 3.05) is 11.9 Å². The molecule has 0 unspecified atom stereocenters. The Morgan fingerprint density at radius 1 is 1.00 bits per heavy atom. The van der Waals surface area contributed by atoms with Crippen LogP contribution in [0.5, 0.6) is 0 Å². The molecule has 120 valence electrons. The number of aromatic nitrogens is 3. The smallest absolute Gasteiger partial charge is 0.249 e. The summed E-state index contributed by atoms with van der Waals surface area (Å²) in [5, 5.41) is 3.17. The summed E-state index contributed by atoms with van der Waals surface area (Å²) < 4.78 is 0. The van der Waals surface area contributed by atoms with Crippen LogP contribution in [-0.4, -0.2) is 27.4 Å². The molecule has 3 rings (SSSR count). The van der Waals surface area contributed by atoms with Gasteiger partial charge >= 0.3 is 0 Å². The number of carbonyl (C=O) groups is 1. The maximum absolute atomic E-state index is 11.6. The number of hydrogen-bond acceptors (Lipinski definition) is 5. The fourth-order valence-electron chi connectivity index (χ4n) is 2.36. The van der Waals surface area contributed by atoms with Crippen molar-refractivity contribution >= 4 is 11.9 Å². The van der Waals surface area contributed by atoms with E-state index in [2.05, 4.69) is 20.3 Å². The Kier molecular flexibility index (Phi) is 4.76. The lowest BCUT2D eigenvalue weighted by atomic mass is 10.0. The van der Waals surface area contributed by atoms with Crippen LogP contribution in [-0.2, 0) is 6.42 Å². The molecule has 0 aliphatic rings. The predicted octanol–water partition coefficient (Wildman–Crippen LogP) is 2.29. The summed E-state index contributed by atoms with van der Waals surface area (Å²) >= 11 is 0. The highest BCUT2D eigenvalue weighted by atomic mass is 16.1. The van der Waals surface area contributed by atoms with Crippen molar-refractivity contribution in [1.82, 2.24) is 15.0 Å². The van der Waals surface area contributed by atoms with Crippen LogP contribution in [0.4, 0.5) is 5.95 Å². The molecule has 6 nitrogen and oxygen atoms in total. The summed E-state index contributed by atoms with van der Waals surface area (Å²) in [6.45, 7) is 0.665. The van der Waals surface area contributed by atoms with Crippen LogP contribution in [0.15, 0.2) is 60.9 Å². The average Bonchev–Trinajstić information content (AvgIpc) is 2.63. The summed E-state index contributed by atoms with van der Waals surface area (Å²) in [5.74, 6) is 0.0246. The van der Waals surface area contributed by atoms with E-state index in [1.807, 2.05) is 30.3 Å². The molecule has 3 N–H and O–H groups in total. The van der Waals surface area contributed by atoms with Crippen LogP contribution in [0, 0.1) is 0 Å². The first-order valence-electron chi connectivity index (χ1n) is 7.60. The Labute approximate surface area is 139 Å². The summed E-state index contributed by atoms with van der Waals surface area (Å²) in [4.78, 5) is 24.5. The van der Waals surface area contributed by atoms with Crippen LogP contribution in [0.1, 0.15) is 16.1 Å². The van der Waals surface area contributed by atoms with Gasteiger partial charge in [-0.3, -0.25) is 9.78 Å². The minimum Gasteiger partial charge on any atom is -0.366 e. The molecule has 0 aliphatic carbocycles. The second kappa shape index (κ2) is 7.32. The SMILES string of the molecule is NC(=O)c1ccccc1-c1ccnc(NCCc2ccccn2)n1. The Hall–Kier alpha value is -3.28. The third kappa shape index (κ3) is 3.73. The lowest BCUT2D eigenvalue weighted by Crippen LogP contribution is -2.13. The molecule has 0 atom stereocenters. The number of hydrogen-bond donors (Lipinski definition) is 2. The quantitative estimate of drug-likeness (QED) is 0.727. The molecule has 0 bridgehead atoms. The first-order valence-corrected chi connectivity index (χ1v) is 7.60. The van der Waals surface area contributed by atoms with E-state index in [9.17, 15) is 4.79 Å². The highest BCUT2D eigenvalue weighted by Gasteiger charge is 2.11. The molecular formula is C18H17N5O. The molecule has 1 amide bonds. The Morgan fingerprint density at radius 3 is 2.62 bits per heavy atom. The van der Waals surface area contributed by atoms with Crippen molar-refractivity contribution in [3.63, 3.8) is 0 Å². The Balaban J connectivity index is 1.74. The Bertz CT molecular complexity index is 836. The van der Waals surface area contributed by atoms with Crippen LogP contribution < -0.4 is 11.1 Å². The normalized spacial score (nSPS) is 10.3. The number of benzene rings is 1. The second-order valence-corrected chi connectivity index (χ2v) is 5.17. The van der Waals surface area contributed by atoms with Gasteiger partial charge in [-0.25, -0.2) is 9.97 Å². The van der Waals surface area contributed by atoms with Crippen molar-refractivity contribution < 1.29 is 4.79 Å². The van der Waals surface area contributed by atoms with E-state index in [1.54, 1.807) is 30.6 Å². The fraction of sp³-hybridized carbons (Fsp3) is 0.111. The number of nitrogens with one attached hydrogen (secondary N) is 1. The monoisotopic (exact) mass is 319 g/mol. The summed E-state index contributed by atoms with van der Waals surface area (Å²) in [6.07, 6.45) is 4.20. The van der Waals surface area contributed by atoms with Gasteiger partial charge in [0.2, 0.25) is 11.9 Å². The minimum absolute atomic E-state index is 0.440. The summed E-state index contributed by atoms with van der Waals surface area (Å²) in [7, 11) is 0. The van der Waals surface area contributed by atoms with Gasteiger partial charge < -0.3 is 11.1 Å². The lowest BCUT2D eigenvalue weighted by molar-refractivity contribution is 0.100. The predicted molar refractivity (Wildman–Crippen MR) is 92.4 cm³/mol. The number of primary amides is 1. The van der Waals surface area contributed by atoms with E-state index >= 15 is 0 Å². The first kappa shape index (κ1) is 15.6. The summed E-state index contributed by atoms with van der Waals surface area (Å²) in [6, 6.07) is 14.7. The average molecular weight is 319 g/mol. The molecule has 0 spiro atoms. The van der Waals surface area contributed by atoms with Gasteiger partial charge in [0.25, 0.3) is 0 Å². The molecule has 2 heterocycles. The topological polar surface area (TPSA) is 93.8 Å². The molecule has 1 aromatic carbocycles. The summed E-state index contributed by atoms with van der Waals surface area (Å²) in [5.41, 5.74) is 8.22. The van der Waals surface area contributed by atoms with Crippen molar-refractivity contribution in [3.05, 3.63) is 72.2 Å². The van der Waals surface area contributed by atoms with Crippen molar-refractivity contribution in [1.29, 1.82) is 0 Å². The number of carbonyl (C=O) groups excluding carboxylic acids is 1. The first-order chi connectivity index (χ1) is 11.7. The molecule has 0 aliphatic heterocycles. The number of pyridine rings is 1. The minimum atomic E-state index is -0.478. The van der Waals surface area contributed by atoms with Gasteiger partial charge in [0.15, 0.2) is 0 Å². The molecule has 24 heavy (non-hydrogen) atoms. The highest BCUT2D eigenvalue weighted by Crippen LogP contribution is 2.21. The third-order valence-corrected chi connectivity index (χ3v) is 3.51. The Morgan fingerprint density at radius 2 is 1.83 bits per heavy atom. The van der Waals surface area contributed by atoms with Gasteiger partial charge in [-0.15, -0.1) is 0 Å².